The van der Waals surface area contributed by atoms with Crippen molar-refractivity contribution >= 4 is 11.7 Å². The molecule has 0 bridgehead atoms. The number of carbonyl (C=O) groups is 1. The van der Waals surface area contributed by atoms with Crippen molar-refractivity contribution in [1.82, 2.24) is 9.55 Å². The molecule has 0 saturated carbocycles. The highest BCUT2D eigenvalue weighted by molar-refractivity contribution is 6.05. The van der Waals surface area contributed by atoms with Crippen molar-refractivity contribution < 1.29 is 9.90 Å². The zero-order valence-corrected chi connectivity index (χ0v) is 11.5. The fraction of sp³-hybridized carbons (Fsp3) is 0.214. The lowest BCUT2D eigenvalue weighted by atomic mass is 10.2. The lowest BCUT2D eigenvalue weighted by Crippen LogP contribution is -2.29. The lowest BCUT2D eigenvalue weighted by Gasteiger charge is -2.09. The number of amides is 1. The van der Waals surface area contributed by atoms with Crippen LogP contribution in [-0.4, -0.2) is 20.6 Å². The number of aryl methyl sites for hydroxylation is 2. The molecule has 0 aliphatic carbocycles. The van der Waals surface area contributed by atoms with Gasteiger partial charge in [0, 0.05) is 25.0 Å². The molecule has 1 amide bonds. The van der Waals surface area contributed by atoms with E-state index >= 15 is 0 Å². The third kappa shape index (κ3) is 2.54. The monoisotopic (exact) mass is 273 g/mol. The number of aromatic nitrogens is 2. The number of aromatic hydroxyl groups is 1. The van der Waals surface area contributed by atoms with Gasteiger partial charge in [0.25, 0.3) is 11.5 Å². The zero-order chi connectivity index (χ0) is 14.9. The van der Waals surface area contributed by atoms with Gasteiger partial charge in [-0.3, -0.25) is 9.59 Å². The van der Waals surface area contributed by atoms with Crippen LogP contribution < -0.4 is 10.9 Å². The Kier molecular flexibility index (Phi) is 3.56. The van der Waals surface area contributed by atoms with Gasteiger partial charge in [0.05, 0.1) is 0 Å². The SMILES string of the molecule is Cc1ccc(NC(=O)c2c(O)cc(C)n(C)c2=O)nc1. The predicted molar refractivity (Wildman–Crippen MR) is 75.0 cm³/mol. The van der Waals surface area contributed by atoms with Gasteiger partial charge in [-0.05, 0) is 25.5 Å². The van der Waals surface area contributed by atoms with Crippen molar-refractivity contribution in [2.24, 2.45) is 7.05 Å². The summed E-state index contributed by atoms with van der Waals surface area (Å²) in [7, 11) is 1.54. The van der Waals surface area contributed by atoms with Crippen molar-refractivity contribution in [2.75, 3.05) is 5.32 Å². The topological polar surface area (TPSA) is 84.2 Å². The van der Waals surface area contributed by atoms with E-state index in [1.165, 1.54) is 17.7 Å². The van der Waals surface area contributed by atoms with Crippen LogP contribution in [0, 0.1) is 13.8 Å². The summed E-state index contributed by atoms with van der Waals surface area (Å²) >= 11 is 0. The second-order valence-electron chi connectivity index (χ2n) is 4.59. The minimum Gasteiger partial charge on any atom is -0.507 e. The molecule has 0 atom stereocenters. The molecule has 0 aliphatic rings. The van der Waals surface area contributed by atoms with E-state index in [4.69, 9.17) is 0 Å². The van der Waals surface area contributed by atoms with E-state index in [1.54, 1.807) is 25.3 Å². The molecule has 0 aromatic carbocycles. The van der Waals surface area contributed by atoms with E-state index in [2.05, 4.69) is 10.3 Å². The quantitative estimate of drug-likeness (QED) is 0.865. The Morgan fingerprint density at radius 3 is 2.65 bits per heavy atom. The number of anilines is 1. The molecule has 2 N–H and O–H groups in total. The molecular weight excluding hydrogens is 258 g/mol. The van der Waals surface area contributed by atoms with Gasteiger partial charge in [-0.25, -0.2) is 4.98 Å². The van der Waals surface area contributed by atoms with Crippen molar-refractivity contribution in [3.05, 3.63) is 51.6 Å². The van der Waals surface area contributed by atoms with Gasteiger partial charge >= 0.3 is 0 Å². The second-order valence-corrected chi connectivity index (χ2v) is 4.59. The first-order valence-corrected chi connectivity index (χ1v) is 6.03. The predicted octanol–water partition coefficient (Wildman–Crippen LogP) is 1.36. The summed E-state index contributed by atoms with van der Waals surface area (Å²) < 4.78 is 1.30. The number of hydrogen-bond donors (Lipinski definition) is 2. The van der Waals surface area contributed by atoms with Gasteiger partial charge in [-0.1, -0.05) is 6.07 Å². The first kappa shape index (κ1) is 13.8. The fourth-order valence-corrected chi connectivity index (χ4v) is 1.74. The summed E-state index contributed by atoms with van der Waals surface area (Å²) in [5.41, 5.74) is 0.683. The molecule has 6 heteroatoms. The van der Waals surface area contributed by atoms with Gasteiger partial charge in [0.15, 0.2) is 0 Å². The maximum absolute atomic E-state index is 12.1. The van der Waals surface area contributed by atoms with Crippen LogP contribution in [0.3, 0.4) is 0 Å². The van der Waals surface area contributed by atoms with Crippen molar-refractivity contribution in [3.63, 3.8) is 0 Å². The van der Waals surface area contributed by atoms with E-state index in [9.17, 15) is 14.7 Å². The molecule has 0 aliphatic heterocycles. The first-order valence-electron chi connectivity index (χ1n) is 6.03. The number of carbonyl (C=O) groups excluding carboxylic acids is 1. The summed E-state index contributed by atoms with van der Waals surface area (Å²) in [6, 6.07) is 4.79. The molecule has 2 aromatic rings. The fourth-order valence-electron chi connectivity index (χ4n) is 1.74. The Morgan fingerprint density at radius 1 is 1.35 bits per heavy atom. The number of nitrogens with one attached hydrogen (secondary N) is 1. The third-order valence-corrected chi connectivity index (χ3v) is 3.03. The Hall–Kier alpha value is -2.63. The summed E-state index contributed by atoms with van der Waals surface area (Å²) in [4.78, 5) is 28.1. The summed E-state index contributed by atoms with van der Waals surface area (Å²) in [5.74, 6) is -0.697. The van der Waals surface area contributed by atoms with E-state index in [1.807, 2.05) is 6.92 Å². The largest absolute Gasteiger partial charge is 0.507 e. The van der Waals surface area contributed by atoms with Crippen LogP contribution in [0.1, 0.15) is 21.6 Å². The Morgan fingerprint density at radius 2 is 2.05 bits per heavy atom. The van der Waals surface area contributed by atoms with Gasteiger partial charge in [-0.15, -0.1) is 0 Å². The van der Waals surface area contributed by atoms with Crippen LogP contribution in [0.15, 0.2) is 29.2 Å². The molecule has 20 heavy (non-hydrogen) atoms. The van der Waals surface area contributed by atoms with Crippen LogP contribution >= 0.6 is 0 Å². The third-order valence-electron chi connectivity index (χ3n) is 3.03. The molecule has 0 radical (unpaired) electrons. The summed E-state index contributed by atoms with van der Waals surface area (Å²) in [6.07, 6.45) is 1.60. The van der Waals surface area contributed by atoms with Gasteiger partial charge in [0.1, 0.15) is 17.1 Å². The van der Waals surface area contributed by atoms with Crippen molar-refractivity contribution in [2.45, 2.75) is 13.8 Å². The van der Waals surface area contributed by atoms with E-state index in [0.717, 1.165) is 5.56 Å². The summed E-state index contributed by atoms with van der Waals surface area (Å²) in [6.45, 7) is 3.55. The number of nitrogens with zero attached hydrogens (tertiary/aromatic N) is 2. The summed E-state index contributed by atoms with van der Waals surface area (Å²) in [5, 5.41) is 12.3. The molecule has 2 aromatic heterocycles. The Bertz CT molecular complexity index is 718. The molecule has 104 valence electrons. The average molecular weight is 273 g/mol. The molecule has 2 heterocycles. The van der Waals surface area contributed by atoms with Crippen LogP contribution in [0.25, 0.3) is 0 Å². The number of rotatable bonds is 2. The lowest BCUT2D eigenvalue weighted by molar-refractivity contribution is 0.102. The average Bonchev–Trinajstić information content (AvgIpc) is 2.39. The molecular formula is C14H15N3O3. The molecule has 0 saturated heterocycles. The number of hydrogen-bond acceptors (Lipinski definition) is 4. The van der Waals surface area contributed by atoms with Crippen molar-refractivity contribution in [3.8, 4) is 5.75 Å². The second kappa shape index (κ2) is 5.16. The van der Waals surface area contributed by atoms with Crippen LogP contribution in [0.5, 0.6) is 5.75 Å². The van der Waals surface area contributed by atoms with Crippen molar-refractivity contribution in [1.29, 1.82) is 0 Å². The maximum atomic E-state index is 12.1. The van der Waals surface area contributed by atoms with E-state index in [0.29, 0.717) is 11.5 Å². The Labute approximate surface area is 115 Å². The number of pyridine rings is 2. The maximum Gasteiger partial charge on any atom is 0.267 e. The minimum atomic E-state index is -0.681. The van der Waals surface area contributed by atoms with E-state index in [-0.39, 0.29) is 11.3 Å². The van der Waals surface area contributed by atoms with Gasteiger partial charge < -0.3 is 15.0 Å². The first-order chi connectivity index (χ1) is 9.40. The highest BCUT2D eigenvalue weighted by Crippen LogP contribution is 2.15. The highest BCUT2D eigenvalue weighted by atomic mass is 16.3. The van der Waals surface area contributed by atoms with Crippen LogP contribution in [0.4, 0.5) is 5.82 Å². The molecule has 6 nitrogen and oxygen atoms in total. The molecule has 0 spiro atoms. The molecule has 0 fully saturated rings. The van der Waals surface area contributed by atoms with Gasteiger partial charge in [0.2, 0.25) is 0 Å². The molecule has 2 rings (SSSR count). The molecule has 0 unspecified atom stereocenters. The Balaban J connectivity index is 2.37. The minimum absolute atomic E-state index is 0.291. The smallest absolute Gasteiger partial charge is 0.267 e. The standard InChI is InChI=1S/C14H15N3O3/c1-8-4-5-11(15-7-8)16-13(19)12-10(18)6-9(2)17(3)14(12)20/h4-7,18H,1-3H3,(H,15,16,19). The normalized spacial score (nSPS) is 10.3. The highest BCUT2D eigenvalue weighted by Gasteiger charge is 2.18. The van der Waals surface area contributed by atoms with Crippen LogP contribution in [-0.2, 0) is 7.05 Å². The zero-order valence-electron chi connectivity index (χ0n) is 11.5. The van der Waals surface area contributed by atoms with Crippen LogP contribution in [0.2, 0.25) is 0 Å². The van der Waals surface area contributed by atoms with E-state index < -0.39 is 11.5 Å². The van der Waals surface area contributed by atoms with Gasteiger partial charge in [-0.2, -0.15) is 0 Å².